The number of hydrogen-bond acceptors (Lipinski definition) is 7. The predicted octanol–water partition coefficient (Wildman–Crippen LogP) is 4.13. The smallest absolute Gasteiger partial charge is 0.161 e. The molecule has 164 valence electrons. The Kier molecular flexibility index (Phi) is 6.85. The van der Waals surface area contributed by atoms with Gasteiger partial charge < -0.3 is 19.5 Å². The van der Waals surface area contributed by atoms with Gasteiger partial charge >= 0.3 is 0 Å². The molecule has 0 saturated carbocycles. The summed E-state index contributed by atoms with van der Waals surface area (Å²) in [4.78, 5) is 18.6. The molecule has 0 amide bonds. The number of ketones is 1. The van der Waals surface area contributed by atoms with Crippen LogP contribution in [0.25, 0.3) is 10.2 Å². The van der Waals surface area contributed by atoms with Crippen molar-refractivity contribution in [1.29, 1.82) is 0 Å². The van der Waals surface area contributed by atoms with Gasteiger partial charge in [-0.15, -0.1) is 11.3 Å². The summed E-state index contributed by atoms with van der Waals surface area (Å²) in [6.07, 6.45) is 1.50. The van der Waals surface area contributed by atoms with Gasteiger partial charge in [0.25, 0.3) is 0 Å². The molecule has 1 atom stereocenters. The number of likely N-dealkylation sites (tertiary alicyclic amines) is 1. The van der Waals surface area contributed by atoms with Crippen molar-refractivity contribution in [3.63, 3.8) is 0 Å². The first-order valence-electron chi connectivity index (χ1n) is 10.6. The Morgan fingerprint density at radius 2 is 2.00 bits per heavy atom. The van der Waals surface area contributed by atoms with Crippen molar-refractivity contribution < 1.29 is 19.4 Å². The van der Waals surface area contributed by atoms with Gasteiger partial charge in [0.2, 0.25) is 0 Å². The molecule has 0 aliphatic carbocycles. The number of aliphatic hydroxyl groups excluding tert-OH is 1. The number of piperidine rings is 1. The third-order valence-corrected chi connectivity index (χ3v) is 6.92. The summed E-state index contributed by atoms with van der Waals surface area (Å²) in [5, 5.41) is 11.7. The van der Waals surface area contributed by atoms with Crippen molar-refractivity contribution in [1.82, 2.24) is 9.88 Å². The highest BCUT2D eigenvalue weighted by molar-refractivity contribution is 7.18. The predicted molar refractivity (Wildman–Crippen MR) is 123 cm³/mol. The summed E-state index contributed by atoms with van der Waals surface area (Å²) >= 11 is 1.80. The highest BCUT2D eigenvalue weighted by Gasteiger charge is 2.24. The van der Waals surface area contributed by atoms with Crippen LogP contribution in [0.5, 0.6) is 11.5 Å². The van der Waals surface area contributed by atoms with Crippen LogP contribution in [-0.2, 0) is 0 Å². The largest absolute Gasteiger partial charge is 0.493 e. The molecule has 1 fully saturated rings. The summed E-state index contributed by atoms with van der Waals surface area (Å²) < 4.78 is 12.3. The Balaban J connectivity index is 1.26. The number of hydrogen-bond donors (Lipinski definition) is 1. The first-order valence-corrected chi connectivity index (χ1v) is 11.4. The molecule has 7 heteroatoms. The quantitative estimate of drug-likeness (QED) is 0.531. The number of methoxy groups -OCH3 is 1. The van der Waals surface area contributed by atoms with E-state index in [9.17, 15) is 9.90 Å². The van der Waals surface area contributed by atoms with Gasteiger partial charge in [-0.3, -0.25) is 4.79 Å². The van der Waals surface area contributed by atoms with Crippen LogP contribution >= 0.6 is 11.3 Å². The molecule has 6 nitrogen and oxygen atoms in total. The van der Waals surface area contributed by atoms with Crippen LogP contribution in [-0.4, -0.2) is 60.2 Å². The van der Waals surface area contributed by atoms with Crippen molar-refractivity contribution in [2.75, 3.05) is 33.4 Å². The summed E-state index contributed by atoms with van der Waals surface area (Å²) in [5.74, 6) is 1.49. The van der Waals surface area contributed by atoms with Crippen molar-refractivity contribution in [2.24, 2.45) is 0 Å². The Labute approximate surface area is 186 Å². The molecular formula is C24H28N2O4S. The molecule has 4 rings (SSSR count). The second kappa shape index (κ2) is 9.77. The van der Waals surface area contributed by atoms with Gasteiger partial charge in [0.1, 0.15) is 12.7 Å². The fourth-order valence-electron chi connectivity index (χ4n) is 3.97. The number of carbonyl (C=O) groups is 1. The maximum atomic E-state index is 11.5. The number of para-hydroxylation sites is 1. The average molecular weight is 441 g/mol. The van der Waals surface area contributed by atoms with E-state index < -0.39 is 6.10 Å². The standard InChI is InChI=1S/C24H28N2O4S/c1-16(27)18-7-8-21(22(13-18)29-2)30-15-19(28)14-26-11-9-17(10-12-26)24-25-20-5-3-4-6-23(20)31-24/h3-8,13,17,19,28H,9-12,14-15H2,1-2H3. The second-order valence-electron chi connectivity index (χ2n) is 7.98. The molecule has 0 bridgehead atoms. The fourth-order valence-corrected chi connectivity index (χ4v) is 5.11. The number of fused-ring (bicyclic) bond motifs is 1. The van der Waals surface area contributed by atoms with Gasteiger partial charge in [-0.2, -0.15) is 0 Å². The van der Waals surface area contributed by atoms with Crippen molar-refractivity contribution in [3.05, 3.63) is 53.0 Å². The fraction of sp³-hybridized carbons (Fsp3) is 0.417. The molecule has 0 spiro atoms. The van der Waals surface area contributed by atoms with Gasteiger partial charge in [0.05, 0.1) is 22.3 Å². The van der Waals surface area contributed by atoms with Gasteiger partial charge in [0.15, 0.2) is 17.3 Å². The number of nitrogens with zero attached hydrogens (tertiary/aromatic N) is 2. The third-order valence-electron chi connectivity index (χ3n) is 5.72. The first kappa shape index (κ1) is 21.7. The van der Waals surface area contributed by atoms with Crippen LogP contribution < -0.4 is 9.47 Å². The van der Waals surface area contributed by atoms with E-state index in [1.54, 1.807) is 29.5 Å². The molecule has 1 N–H and O–H groups in total. The second-order valence-corrected chi connectivity index (χ2v) is 9.04. The molecule has 1 aromatic heterocycles. The summed E-state index contributed by atoms with van der Waals surface area (Å²) in [7, 11) is 1.54. The van der Waals surface area contributed by atoms with E-state index in [-0.39, 0.29) is 12.4 Å². The lowest BCUT2D eigenvalue weighted by molar-refractivity contribution is 0.0585. The summed E-state index contributed by atoms with van der Waals surface area (Å²) in [6.45, 7) is 4.13. The monoisotopic (exact) mass is 440 g/mol. The maximum absolute atomic E-state index is 11.5. The molecule has 31 heavy (non-hydrogen) atoms. The van der Waals surface area contributed by atoms with E-state index in [1.165, 1.54) is 23.7 Å². The Hall–Kier alpha value is -2.48. The van der Waals surface area contributed by atoms with Crippen LogP contribution in [0.4, 0.5) is 0 Å². The van der Waals surface area contributed by atoms with Crippen LogP contribution in [0.1, 0.15) is 41.0 Å². The summed E-state index contributed by atoms with van der Waals surface area (Å²) in [6, 6.07) is 13.4. The topological polar surface area (TPSA) is 71.9 Å². The number of Topliss-reactive ketones (excluding diaryl/α,β-unsaturated/α-hetero) is 1. The minimum atomic E-state index is -0.601. The zero-order valence-corrected chi connectivity index (χ0v) is 18.7. The average Bonchev–Trinajstić information content (AvgIpc) is 3.22. The van der Waals surface area contributed by atoms with Crippen LogP contribution in [0.15, 0.2) is 42.5 Å². The van der Waals surface area contributed by atoms with Crippen molar-refractivity contribution >= 4 is 27.3 Å². The Morgan fingerprint density at radius 1 is 1.23 bits per heavy atom. The molecule has 1 aliphatic rings. The number of benzene rings is 2. The summed E-state index contributed by atoms with van der Waals surface area (Å²) in [5.41, 5.74) is 1.66. The highest BCUT2D eigenvalue weighted by atomic mass is 32.1. The number of thiazole rings is 1. The molecule has 1 aliphatic heterocycles. The van der Waals surface area contributed by atoms with E-state index in [4.69, 9.17) is 14.5 Å². The lowest BCUT2D eigenvalue weighted by atomic mass is 9.97. The minimum Gasteiger partial charge on any atom is -0.493 e. The maximum Gasteiger partial charge on any atom is 0.161 e. The Morgan fingerprint density at radius 3 is 2.71 bits per heavy atom. The van der Waals surface area contributed by atoms with Crippen molar-refractivity contribution in [2.45, 2.75) is 31.8 Å². The molecule has 3 aromatic rings. The zero-order chi connectivity index (χ0) is 21.8. The molecule has 1 saturated heterocycles. The van der Waals surface area contributed by atoms with Gasteiger partial charge in [-0.25, -0.2) is 4.98 Å². The minimum absolute atomic E-state index is 0.0286. The number of aromatic nitrogens is 1. The zero-order valence-electron chi connectivity index (χ0n) is 17.9. The van der Waals surface area contributed by atoms with Crippen LogP contribution in [0, 0.1) is 0 Å². The lowest BCUT2D eigenvalue weighted by Gasteiger charge is -2.32. The van der Waals surface area contributed by atoms with E-state index in [0.29, 0.717) is 29.5 Å². The van der Waals surface area contributed by atoms with E-state index in [2.05, 4.69) is 23.1 Å². The van der Waals surface area contributed by atoms with Crippen LogP contribution in [0.3, 0.4) is 0 Å². The SMILES string of the molecule is COc1cc(C(C)=O)ccc1OCC(O)CN1CCC(c2nc3ccccc3s2)CC1. The molecule has 0 radical (unpaired) electrons. The van der Waals surface area contributed by atoms with E-state index in [0.717, 1.165) is 31.4 Å². The third kappa shape index (κ3) is 5.23. The van der Waals surface area contributed by atoms with E-state index >= 15 is 0 Å². The van der Waals surface area contributed by atoms with Crippen molar-refractivity contribution in [3.8, 4) is 11.5 Å². The van der Waals surface area contributed by atoms with Gasteiger partial charge in [-0.1, -0.05) is 12.1 Å². The van der Waals surface area contributed by atoms with E-state index in [1.807, 2.05) is 6.07 Å². The number of carbonyl (C=O) groups excluding carboxylic acids is 1. The van der Waals surface area contributed by atoms with Crippen LogP contribution in [0.2, 0.25) is 0 Å². The van der Waals surface area contributed by atoms with Gasteiger partial charge in [-0.05, 0) is 63.2 Å². The van der Waals surface area contributed by atoms with Gasteiger partial charge in [0, 0.05) is 18.0 Å². The number of β-amino-alcohol motifs (C(OH)–C–C–N with tert-alkyl or cyclic N) is 1. The highest BCUT2D eigenvalue weighted by Crippen LogP contribution is 2.34. The first-order chi connectivity index (χ1) is 15.0. The number of aliphatic hydroxyl groups is 1. The molecular weight excluding hydrogens is 412 g/mol. The molecule has 2 heterocycles. The Bertz CT molecular complexity index is 1010. The normalized spacial score (nSPS) is 16.4. The molecule has 1 unspecified atom stereocenters. The number of rotatable bonds is 8. The number of ether oxygens (including phenoxy) is 2. The molecule has 2 aromatic carbocycles. The lowest BCUT2D eigenvalue weighted by Crippen LogP contribution is -2.40.